The van der Waals surface area contributed by atoms with Crippen molar-refractivity contribution in [3.8, 4) is 5.75 Å². The zero-order valence-electron chi connectivity index (χ0n) is 12.8. The first-order chi connectivity index (χ1) is 11.7. The molecule has 0 unspecified atom stereocenters. The second-order valence-corrected chi connectivity index (χ2v) is 5.68. The SMILES string of the molecule is COc1ccccc1Nc1cc(Nc2ccc(Cl)c(Cl)c2)ncn1. The third kappa shape index (κ3) is 3.88. The molecule has 0 saturated heterocycles. The fourth-order valence-corrected chi connectivity index (χ4v) is 2.40. The summed E-state index contributed by atoms with van der Waals surface area (Å²) in [4.78, 5) is 8.42. The summed E-state index contributed by atoms with van der Waals surface area (Å²) in [5.74, 6) is 1.99. The number of anilines is 4. The maximum Gasteiger partial charge on any atom is 0.142 e. The molecule has 122 valence electrons. The van der Waals surface area contributed by atoms with Gasteiger partial charge in [-0.25, -0.2) is 9.97 Å². The topological polar surface area (TPSA) is 59.1 Å². The van der Waals surface area contributed by atoms with Crippen LogP contribution in [0.4, 0.5) is 23.0 Å². The van der Waals surface area contributed by atoms with Crippen LogP contribution in [0.5, 0.6) is 5.75 Å². The number of nitrogens with zero attached hydrogens (tertiary/aromatic N) is 2. The van der Waals surface area contributed by atoms with Crippen molar-refractivity contribution in [3.63, 3.8) is 0 Å². The molecule has 7 heteroatoms. The number of halogens is 2. The number of methoxy groups -OCH3 is 1. The normalized spacial score (nSPS) is 10.3. The van der Waals surface area contributed by atoms with E-state index < -0.39 is 0 Å². The number of para-hydroxylation sites is 2. The van der Waals surface area contributed by atoms with Crippen molar-refractivity contribution in [2.24, 2.45) is 0 Å². The lowest BCUT2D eigenvalue weighted by atomic mass is 10.3. The van der Waals surface area contributed by atoms with Gasteiger partial charge in [0.25, 0.3) is 0 Å². The van der Waals surface area contributed by atoms with Crippen LogP contribution in [0.15, 0.2) is 54.9 Å². The minimum absolute atomic E-state index is 0.475. The second kappa shape index (κ2) is 7.38. The predicted octanol–water partition coefficient (Wildman–Crippen LogP) is 5.28. The Morgan fingerprint density at radius 2 is 1.62 bits per heavy atom. The fourth-order valence-electron chi connectivity index (χ4n) is 2.10. The molecule has 0 aliphatic rings. The Balaban J connectivity index is 1.80. The van der Waals surface area contributed by atoms with Gasteiger partial charge >= 0.3 is 0 Å². The van der Waals surface area contributed by atoms with Crippen LogP contribution in [-0.4, -0.2) is 17.1 Å². The molecule has 1 heterocycles. The standard InChI is InChI=1S/C17H14Cl2N4O/c1-24-15-5-3-2-4-14(15)23-17-9-16(20-10-21-17)22-11-6-7-12(18)13(19)8-11/h2-10H,1H3,(H2,20,21,22,23). The average molecular weight is 361 g/mol. The Morgan fingerprint density at radius 3 is 2.38 bits per heavy atom. The monoisotopic (exact) mass is 360 g/mol. The molecule has 0 amide bonds. The highest BCUT2D eigenvalue weighted by Gasteiger charge is 2.05. The summed E-state index contributed by atoms with van der Waals surface area (Å²) >= 11 is 11.9. The van der Waals surface area contributed by atoms with Gasteiger partial charge in [0.2, 0.25) is 0 Å². The van der Waals surface area contributed by atoms with E-state index in [1.807, 2.05) is 30.3 Å². The first-order valence-electron chi connectivity index (χ1n) is 7.10. The lowest BCUT2D eigenvalue weighted by Crippen LogP contribution is -1.99. The molecule has 0 fully saturated rings. The van der Waals surface area contributed by atoms with Crippen LogP contribution in [0.3, 0.4) is 0 Å². The van der Waals surface area contributed by atoms with E-state index in [2.05, 4.69) is 20.6 Å². The van der Waals surface area contributed by atoms with E-state index in [1.54, 1.807) is 25.3 Å². The molecule has 2 aromatic carbocycles. The molecule has 24 heavy (non-hydrogen) atoms. The summed E-state index contributed by atoms with van der Waals surface area (Å²) in [5, 5.41) is 7.35. The Hall–Kier alpha value is -2.50. The summed E-state index contributed by atoms with van der Waals surface area (Å²) in [6.07, 6.45) is 1.47. The van der Waals surface area contributed by atoms with Crippen molar-refractivity contribution in [3.05, 3.63) is 64.9 Å². The molecule has 0 aliphatic carbocycles. The van der Waals surface area contributed by atoms with E-state index >= 15 is 0 Å². The molecule has 1 aromatic heterocycles. The lowest BCUT2D eigenvalue weighted by Gasteiger charge is -2.11. The number of aromatic nitrogens is 2. The van der Waals surface area contributed by atoms with Gasteiger partial charge in [0, 0.05) is 11.8 Å². The molecular formula is C17H14Cl2N4O. The van der Waals surface area contributed by atoms with Crippen LogP contribution < -0.4 is 15.4 Å². The minimum atomic E-state index is 0.475. The lowest BCUT2D eigenvalue weighted by molar-refractivity contribution is 0.417. The van der Waals surface area contributed by atoms with Gasteiger partial charge in [-0.1, -0.05) is 35.3 Å². The van der Waals surface area contributed by atoms with Crippen LogP contribution in [-0.2, 0) is 0 Å². The number of hydrogen-bond acceptors (Lipinski definition) is 5. The smallest absolute Gasteiger partial charge is 0.142 e. The van der Waals surface area contributed by atoms with Gasteiger partial charge in [0.15, 0.2) is 0 Å². The van der Waals surface area contributed by atoms with Crippen LogP contribution in [0.25, 0.3) is 0 Å². The largest absolute Gasteiger partial charge is 0.495 e. The molecule has 3 aromatic rings. The maximum atomic E-state index is 6.02. The van der Waals surface area contributed by atoms with E-state index in [1.165, 1.54) is 6.33 Å². The van der Waals surface area contributed by atoms with Gasteiger partial charge in [-0.05, 0) is 30.3 Å². The summed E-state index contributed by atoms with van der Waals surface area (Å²) in [7, 11) is 1.62. The Morgan fingerprint density at radius 1 is 0.875 bits per heavy atom. The Kier molecular flexibility index (Phi) is 5.03. The number of rotatable bonds is 5. The van der Waals surface area contributed by atoms with E-state index in [4.69, 9.17) is 27.9 Å². The minimum Gasteiger partial charge on any atom is -0.495 e. The number of nitrogens with one attached hydrogen (secondary N) is 2. The number of benzene rings is 2. The molecule has 0 atom stereocenters. The summed E-state index contributed by atoms with van der Waals surface area (Å²) in [6.45, 7) is 0. The highest BCUT2D eigenvalue weighted by atomic mass is 35.5. The highest BCUT2D eigenvalue weighted by molar-refractivity contribution is 6.42. The van der Waals surface area contributed by atoms with Crippen molar-refractivity contribution < 1.29 is 4.74 Å². The van der Waals surface area contributed by atoms with Crippen LogP contribution >= 0.6 is 23.2 Å². The predicted molar refractivity (Wildman–Crippen MR) is 98.1 cm³/mol. The van der Waals surface area contributed by atoms with Crippen LogP contribution in [0.1, 0.15) is 0 Å². The molecule has 0 spiro atoms. The van der Waals surface area contributed by atoms with Gasteiger partial charge in [0.05, 0.1) is 22.8 Å². The molecular weight excluding hydrogens is 347 g/mol. The second-order valence-electron chi connectivity index (χ2n) is 4.87. The van der Waals surface area contributed by atoms with Crippen molar-refractivity contribution >= 4 is 46.2 Å². The van der Waals surface area contributed by atoms with Crippen molar-refractivity contribution in [1.82, 2.24) is 9.97 Å². The molecule has 5 nitrogen and oxygen atoms in total. The number of hydrogen-bond donors (Lipinski definition) is 2. The Bertz CT molecular complexity index is 857. The first-order valence-corrected chi connectivity index (χ1v) is 7.85. The van der Waals surface area contributed by atoms with Crippen LogP contribution in [0.2, 0.25) is 10.0 Å². The van der Waals surface area contributed by atoms with Gasteiger partial charge in [-0.3, -0.25) is 0 Å². The summed E-state index contributed by atoms with van der Waals surface area (Å²) in [5.41, 5.74) is 1.60. The zero-order valence-corrected chi connectivity index (χ0v) is 14.3. The number of ether oxygens (including phenoxy) is 1. The zero-order chi connectivity index (χ0) is 16.9. The Labute approximate surface area is 149 Å². The maximum absolute atomic E-state index is 6.02. The van der Waals surface area contributed by atoms with Crippen molar-refractivity contribution in [2.45, 2.75) is 0 Å². The van der Waals surface area contributed by atoms with Crippen molar-refractivity contribution in [2.75, 3.05) is 17.7 Å². The molecule has 2 N–H and O–H groups in total. The highest BCUT2D eigenvalue weighted by Crippen LogP contribution is 2.28. The van der Waals surface area contributed by atoms with Crippen molar-refractivity contribution in [1.29, 1.82) is 0 Å². The van der Waals surface area contributed by atoms with Gasteiger partial charge in [-0.15, -0.1) is 0 Å². The molecule has 0 saturated carbocycles. The molecule has 0 radical (unpaired) electrons. The molecule has 0 aliphatic heterocycles. The quantitative estimate of drug-likeness (QED) is 0.648. The van der Waals surface area contributed by atoms with E-state index in [-0.39, 0.29) is 0 Å². The third-order valence-corrected chi connectivity index (χ3v) is 3.97. The van der Waals surface area contributed by atoms with E-state index in [0.29, 0.717) is 21.7 Å². The first kappa shape index (κ1) is 16.4. The third-order valence-electron chi connectivity index (χ3n) is 3.23. The fraction of sp³-hybridized carbons (Fsp3) is 0.0588. The molecule has 0 bridgehead atoms. The van der Waals surface area contributed by atoms with Gasteiger partial charge in [0.1, 0.15) is 23.7 Å². The van der Waals surface area contributed by atoms with E-state index in [0.717, 1.165) is 17.1 Å². The molecule has 3 rings (SSSR count). The summed E-state index contributed by atoms with van der Waals surface area (Å²) in [6, 6.07) is 14.7. The average Bonchev–Trinajstić information content (AvgIpc) is 2.59. The van der Waals surface area contributed by atoms with E-state index in [9.17, 15) is 0 Å². The van der Waals surface area contributed by atoms with Gasteiger partial charge < -0.3 is 15.4 Å². The van der Waals surface area contributed by atoms with Crippen LogP contribution in [0, 0.1) is 0 Å². The summed E-state index contributed by atoms with van der Waals surface area (Å²) < 4.78 is 5.32. The van der Waals surface area contributed by atoms with Gasteiger partial charge in [-0.2, -0.15) is 0 Å².